The second kappa shape index (κ2) is 5.84. The van der Waals surface area contributed by atoms with Gasteiger partial charge < -0.3 is 34.3 Å². The Morgan fingerprint density at radius 3 is 1.50 bits per heavy atom. The Bertz CT molecular complexity index is 279. The summed E-state index contributed by atoms with van der Waals surface area (Å²) in [6, 6.07) is 0. The summed E-state index contributed by atoms with van der Waals surface area (Å²) in [6.45, 7) is 3.83. The Labute approximate surface area is 117 Å². The highest BCUT2D eigenvalue weighted by Gasteiger charge is 2.46. The van der Waals surface area contributed by atoms with Gasteiger partial charge in [-0.15, -0.1) is 0 Å². The second-order valence-electron chi connectivity index (χ2n) is 5.90. The maximum absolute atomic E-state index is 9.36. The van der Waals surface area contributed by atoms with Crippen LogP contribution in [0, 0.1) is 17.8 Å². The van der Waals surface area contributed by atoms with E-state index in [4.69, 9.17) is 18.9 Å². The van der Waals surface area contributed by atoms with Gasteiger partial charge in [-0.1, -0.05) is 6.92 Å². The van der Waals surface area contributed by atoms with Gasteiger partial charge in [0, 0.05) is 5.92 Å². The molecule has 4 fully saturated rings. The fourth-order valence-electron chi connectivity index (χ4n) is 3.26. The van der Waals surface area contributed by atoms with Gasteiger partial charge in [0.25, 0.3) is 0 Å². The van der Waals surface area contributed by atoms with Crippen LogP contribution in [0.4, 0.5) is 0 Å². The van der Waals surface area contributed by atoms with Gasteiger partial charge in [-0.05, 0) is 5.92 Å². The SMILES string of the molecule is C[C@@H]1CO[C@@H]2OC[C@@H](O)[C@@H]21.O[C@H]1COC2OC[C@H](O)C21. The van der Waals surface area contributed by atoms with Crippen LogP contribution in [0.15, 0.2) is 0 Å². The van der Waals surface area contributed by atoms with E-state index >= 15 is 0 Å². The van der Waals surface area contributed by atoms with Crippen molar-refractivity contribution >= 4 is 0 Å². The van der Waals surface area contributed by atoms with Crippen LogP contribution in [0.1, 0.15) is 6.92 Å². The Kier molecular flexibility index (Phi) is 4.28. The van der Waals surface area contributed by atoms with Crippen molar-refractivity contribution in [2.45, 2.75) is 37.8 Å². The van der Waals surface area contributed by atoms with E-state index in [1.165, 1.54) is 0 Å². The molecule has 0 aliphatic carbocycles. The van der Waals surface area contributed by atoms with E-state index in [1.807, 2.05) is 0 Å². The Morgan fingerprint density at radius 1 is 0.650 bits per heavy atom. The van der Waals surface area contributed by atoms with Crippen molar-refractivity contribution in [1.29, 1.82) is 0 Å². The smallest absolute Gasteiger partial charge is 0.165 e. The van der Waals surface area contributed by atoms with Crippen molar-refractivity contribution in [2.75, 3.05) is 26.4 Å². The first-order valence-electron chi connectivity index (χ1n) is 7.08. The lowest BCUT2D eigenvalue weighted by Crippen LogP contribution is -2.29. The Hall–Kier alpha value is -0.280. The van der Waals surface area contributed by atoms with Gasteiger partial charge >= 0.3 is 0 Å². The Balaban J connectivity index is 0.000000121. The van der Waals surface area contributed by atoms with Gasteiger partial charge in [0.1, 0.15) is 0 Å². The van der Waals surface area contributed by atoms with Crippen molar-refractivity contribution < 1.29 is 34.3 Å². The largest absolute Gasteiger partial charge is 0.390 e. The molecule has 6 atom stereocenters. The molecule has 4 heterocycles. The van der Waals surface area contributed by atoms with Crippen LogP contribution >= 0.6 is 0 Å². The number of fused-ring (bicyclic) bond motifs is 2. The molecule has 7 heteroatoms. The van der Waals surface area contributed by atoms with Gasteiger partial charge in [-0.25, -0.2) is 0 Å². The molecule has 0 radical (unpaired) electrons. The first kappa shape index (κ1) is 14.6. The minimum absolute atomic E-state index is 0.120. The first-order valence-corrected chi connectivity index (χ1v) is 7.08. The highest BCUT2D eigenvalue weighted by Crippen LogP contribution is 2.35. The van der Waals surface area contributed by atoms with E-state index in [1.54, 1.807) is 0 Å². The van der Waals surface area contributed by atoms with Crippen molar-refractivity contribution in [1.82, 2.24) is 0 Å². The van der Waals surface area contributed by atoms with Gasteiger partial charge in [-0.2, -0.15) is 0 Å². The van der Waals surface area contributed by atoms with E-state index in [0.717, 1.165) is 6.61 Å². The number of ether oxygens (including phenoxy) is 4. The average Bonchev–Trinajstić information content (AvgIpc) is 3.13. The van der Waals surface area contributed by atoms with Crippen molar-refractivity contribution in [3.63, 3.8) is 0 Å². The van der Waals surface area contributed by atoms with Crippen LogP contribution in [0.25, 0.3) is 0 Å². The molecule has 0 aromatic carbocycles. The van der Waals surface area contributed by atoms with Crippen molar-refractivity contribution in [3.8, 4) is 0 Å². The second-order valence-corrected chi connectivity index (χ2v) is 5.90. The van der Waals surface area contributed by atoms with Crippen LogP contribution in [0.2, 0.25) is 0 Å². The molecule has 7 nitrogen and oxygen atoms in total. The fourth-order valence-corrected chi connectivity index (χ4v) is 3.26. The first-order chi connectivity index (χ1) is 9.58. The minimum atomic E-state index is -0.553. The summed E-state index contributed by atoms with van der Waals surface area (Å²) in [5, 5.41) is 27.8. The van der Waals surface area contributed by atoms with Gasteiger partial charge in [0.15, 0.2) is 12.6 Å². The van der Waals surface area contributed by atoms with Crippen LogP contribution in [0.3, 0.4) is 0 Å². The molecule has 4 rings (SSSR count). The van der Waals surface area contributed by atoms with E-state index in [9.17, 15) is 15.3 Å². The molecule has 20 heavy (non-hydrogen) atoms. The molecule has 0 aromatic rings. The lowest BCUT2D eigenvalue weighted by Gasteiger charge is -2.12. The summed E-state index contributed by atoms with van der Waals surface area (Å²) in [4.78, 5) is 0. The van der Waals surface area contributed by atoms with Crippen LogP contribution in [-0.2, 0) is 18.9 Å². The summed E-state index contributed by atoms with van der Waals surface area (Å²) in [7, 11) is 0. The van der Waals surface area contributed by atoms with Crippen LogP contribution < -0.4 is 0 Å². The van der Waals surface area contributed by atoms with E-state index in [0.29, 0.717) is 12.5 Å². The molecule has 0 aromatic heterocycles. The standard InChI is InChI=1S/C7H12O3.C6H10O4/c1-4-2-9-7-6(4)5(8)3-10-7;7-3-1-9-6-5(3)4(8)2-10-6/h4-8H,2-3H2,1H3;3-8H,1-2H2/t4-,5-,6+,7-;3-,4-,5?,6?/m10/s1. The molecule has 4 saturated heterocycles. The summed E-state index contributed by atoms with van der Waals surface area (Å²) in [6.07, 6.45) is -1.90. The van der Waals surface area contributed by atoms with Crippen molar-refractivity contribution in [3.05, 3.63) is 0 Å². The van der Waals surface area contributed by atoms with Gasteiger partial charge in [0.2, 0.25) is 0 Å². The number of aliphatic hydroxyl groups excluding tert-OH is 3. The maximum Gasteiger partial charge on any atom is 0.165 e. The van der Waals surface area contributed by atoms with Gasteiger partial charge in [-0.3, -0.25) is 0 Å². The predicted octanol–water partition coefficient (Wildman–Crippen LogP) is -1.30. The minimum Gasteiger partial charge on any atom is -0.390 e. The van der Waals surface area contributed by atoms with E-state index < -0.39 is 12.2 Å². The van der Waals surface area contributed by atoms with E-state index in [-0.39, 0.29) is 43.7 Å². The third kappa shape index (κ3) is 2.59. The molecule has 0 amide bonds. The molecule has 4 aliphatic heterocycles. The van der Waals surface area contributed by atoms with Crippen LogP contribution in [-0.4, -0.2) is 72.6 Å². The summed E-state index contributed by atoms with van der Waals surface area (Å²) in [5.74, 6) is 0.447. The molecule has 0 unspecified atom stereocenters. The molecule has 0 saturated carbocycles. The average molecular weight is 290 g/mol. The zero-order valence-corrected chi connectivity index (χ0v) is 11.4. The molecular weight excluding hydrogens is 268 g/mol. The number of aliphatic hydroxyl groups is 3. The molecule has 0 bridgehead atoms. The molecule has 116 valence electrons. The van der Waals surface area contributed by atoms with Crippen LogP contribution in [0.5, 0.6) is 0 Å². The topological polar surface area (TPSA) is 97.6 Å². The van der Waals surface area contributed by atoms with Crippen molar-refractivity contribution in [2.24, 2.45) is 17.8 Å². The zero-order chi connectivity index (χ0) is 14.3. The molecular formula is C13H22O7. The lowest BCUT2D eigenvalue weighted by molar-refractivity contribution is -0.0912. The third-order valence-electron chi connectivity index (χ3n) is 4.44. The van der Waals surface area contributed by atoms with E-state index in [2.05, 4.69) is 6.92 Å². The third-order valence-corrected chi connectivity index (χ3v) is 4.44. The number of rotatable bonds is 0. The summed E-state index contributed by atoms with van der Waals surface area (Å²) in [5.41, 5.74) is 0. The highest BCUT2D eigenvalue weighted by molar-refractivity contribution is 4.88. The molecule has 3 N–H and O–H groups in total. The molecule has 4 aliphatic rings. The summed E-state index contributed by atoms with van der Waals surface area (Å²) >= 11 is 0. The molecule has 0 spiro atoms. The predicted molar refractivity (Wildman–Crippen MR) is 65.5 cm³/mol. The maximum atomic E-state index is 9.36. The Morgan fingerprint density at radius 2 is 1.05 bits per heavy atom. The lowest BCUT2D eigenvalue weighted by atomic mass is 9.93. The highest BCUT2D eigenvalue weighted by atomic mass is 16.7. The summed E-state index contributed by atoms with van der Waals surface area (Å²) < 4.78 is 20.5. The zero-order valence-electron chi connectivity index (χ0n) is 11.4. The quantitative estimate of drug-likeness (QED) is 0.510. The number of hydrogen-bond donors (Lipinski definition) is 3. The van der Waals surface area contributed by atoms with Gasteiger partial charge in [0.05, 0.1) is 50.7 Å². The fraction of sp³-hybridized carbons (Fsp3) is 1.00. The normalized spacial score (nSPS) is 53.4. The monoisotopic (exact) mass is 290 g/mol. The number of hydrogen-bond acceptors (Lipinski definition) is 7.